The van der Waals surface area contributed by atoms with Gasteiger partial charge < -0.3 is 14.8 Å². The highest BCUT2D eigenvalue weighted by Crippen LogP contribution is 2.37. The number of rotatable bonds is 5. The fourth-order valence-corrected chi connectivity index (χ4v) is 3.93. The number of carbonyl (C=O) groups is 1. The predicted octanol–water partition coefficient (Wildman–Crippen LogP) is 2.72. The zero-order valence-corrected chi connectivity index (χ0v) is 13.5. The summed E-state index contributed by atoms with van der Waals surface area (Å²) in [5.41, 5.74) is 0.0509. The summed E-state index contributed by atoms with van der Waals surface area (Å²) in [6.45, 7) is 5.91. The van der Waals surface area contributed by atoms with Crippen LogP contribution in [0.5, 0.6) is 0 Å². The summed E-state index contributed by atoms with van der Waals surface area (Å²) >= 11 is 1.54. The maximum Gasteiger partial charge on any atom is 0.317 e. The fourth-order valence-electron chi connectivity index (χ4n) is 2.99. The molecule has 0 radical (unpaired) electrons. The smallest absolute Gasteiger partial charge is 0.317 e. The highest BCUT2D eigenvalue weighted by atomic mass is 32.1. The zero-order valence-electron chi connectivity index (χ0n) is 12.7. The maximum atomic E-state index is 12.0. The van der Waals surface area contributed by atoms with E-state index in [1.165, 1.54) is 6.42 Å². The van der Waals surface area contributed by atoms with Gasteiger partial charge in [-0.3, -0.25) is 4.79 Å². The molecule has 2 aliphatic heterocycles. The number of ether oxygens (including phenoxy) is 2. The molecule has 0 aromatic carbocycles. The van der Waals surface area contributed by atoms with Crippen molar-refractivity contribution in [3.05, 3.63) is 11.1 Å². The SMILES string of the molecule is CCOC(=O)C(C)(C)c1csc(NC2CC3CCC2O3)n1. The zero-order chi connectivity index (χ0) is 15.0. The van der Waals surface area contributed by atoms with E-state index < -0.39 is 5.41 Å². The van der Waals surface area contributed by atoms with Gasteiger partial charge in [0.1, 0.15) is 5.41 Å². The monoisotopic (exact) mass is 310 g/mol. The van der Waals surface area contributed by atoms with Gasteiger partial charge in [0.05, 0.1) is 30.6 Å². The molecule has 1 N–H and O–H groups in total. The van der Waals surface area contributed by atoms with E-state index in [4.69, 9.17) is 9.47 Å². The van der Waals surface area contributed by atoms with Gasteiger partial charge in [0.2, 0.25) is 0 Å². The summed E-state index contributed by atoms with van der Waals surface area (Å²) in [5, 5.41) is 6.27. The van der Waals surface area contributed by atoms with E-state index in [2.05, 4.69) is 10.3 Å². The fraction of sp³-hybridized carbons (Fsp3) is 0.733. The lowest BCUT2D eigenvalue weighted by Crippen LogP contribution is -2.32. The number of aromatic nitrogens is 1. The number of carbonyl (C=O) groups excluding carboxylic acids is 1. The Balaban J connectivity index is 1.67. The summed E-state index contributed by atoms with van der Waals surface area (Å²) in [6, 6.07) is 0.355. The summed E-state index contributed by atoms with van der Waals surface area (Å²) in [6.07, 6.45) is 4.11. The van der Waals surface area contributed by atoms with Gasteiger partial charge in [0.25, 0.3) is 0 Å². The molecule has 2 aliphatic rings. The van der Waals surface area contributed by atoms with Crippen LogP contribution in [-0.2, 0) is 19.7 Å². The van der Waals surface area contributed by atoms with Crippen LogP contribution < -0.4 is 5.32 Å². The molecule has 21 heavy (non-hydrogen) atoms. The van der Waals surface area contributed by atoms with Gasteiger partial charge in [-0.2, -0.15) is 0 Å². The summed E-state index contributed by atoms with van der Waals surface area (Å²) in [5.74, 6) is -0.231. The molecule has 5 nitrogen and oxygen atoms in total. The first-order chi connectivity index (χ1) is 10.0. The van der Waals surface area contributed by atoms with Crippen molar-refractivity contribution in [2.24, 2.45) is 0 Å². The largest absolute Gasteiger partial charge is 0.465 e. The van der Waals surface area contributed by atoms with Gasteiger partial charge in [0, 0.05) is 5.38 Å². The topological polar surface area (TPSA) is 60.5 Å². The number of nitrogens with one attached hydrogen (secondary N) is 1. The number of thiazole rings is 1. The Labute approximate surface area is 129 Å². The lowest BCUT2D eigenvalue weighted by molar-refractivity contribution is -0.148. The van der Waals surface area contributed by atoms with E-state index in [9.17, 15) is 4.79 Å². The van der Waals surface area contributed by atoms with E-state index >= 15 is 0 Å². The molecule has 3 heterocycles. The predicted molar refractivity (Wildman–Crippen MR) is 81.7 cm³/mol. The first-order valence-electron chi connectivity index (χ1n) is 7.56. The van der Waals surface area contributed by atoms with E-state index in [1.54, 1.807) is 11.3 Å². The van der Waals surface area contributed by atoms with E-state index in [0.717, 1.165) is 23.7 Å². The van der Waals surface area contributed by atoms with Gasteiger partial charge in [-0.1, -0.05) is 0 Å². The molecule has 0 saturated carbocycles. The third-order valence-corrected chi connectivity index (χ3v) is 5.12. The molecule has 6 heteroatoms. The molecule has 0 aliphatic carbocycles. The quantitative estimate of drug-likeness (QED) is 0.847. The van der Waals surface area contributed by atoms with Crippen molar-refractivity contribution in [3.8, 4) is 0 Å². The average Bonchev–Trinajstić information content (AvgIpc) is 3.15. The van der Waals surface area contributed by atoms with Crippen molar-refractivity contribution in [1.29, 1.82) is 0 Å². The molecule has 3 unspecified atom stereocenters. The van der Waals surface area contributed by atoms with Crippen molar-refractivity contribution in [1.82, 2.24) is 4.98 Å². The molecule has 2 fully saturated rings. The maximum absolute atomic E-state index is 12.0. The van der Waals surface area contributed by atoms with Crippen LogP contribution in [0.3, 0.4) is 0 Å². The molecule has 3 atom stereocenters. The molecule has 1 aromatic rings. The van der Waals surface area contributed by atoms with Crippen molar-refractivity contribution < 1.29 is 14.3 Å². The van der Waals surface area contributed by atoms with E-state index in [-0.39, 0.29) is 5.97 Å². The standard InChI is InChI=1S/C15H22N2O3S/c1-4-19-13(18)15(2,3)12-8-21-14(17-12)16-10-7-9-5-6-11(10)20-9/h8-11H,4-7H2,1-3H3,(H,16,17). The summed E-state index contributed by atoms with van der Waals surface area (Å²) in [4.78, 5) is 16.6. The van der Waals surface area contributed by atoms with Crippen molar-refractivity contribution in [2.45, 2.75) is 63.7 Å². The van der Waals surface area contributed by atoms with Crippen LogP contribution in [0.15, 0.2) is 5.38 Å². The van der Waals surface area contributed by atoms with Crippen LogP contribution in [0.1, 0.15) is 45.7 Å². The van der Waals surface area contributed by atoms with Crippen LogP contribution >= 0.6 is 11.3 Å². The van der Waals surface area contributed by atoms with Gasteiger partial charge in [-0.15, -0.1) is 11.3 Å². The molecule has 116 valence electrons. The Hall–Kier alpha value is -1.14. The number of fused-ring (bicyclic) bond motifs is 2. The second-order valence-electron chi connectivity index (χ2n) is 6.24. The second-order valence-corrected chi connectivity index (χ2v) is 7.10. The Bertz CT molecular complexity index is 529. The van der Waals surface area contributed by atoms with Crippen molar-refractivity contribution in [3.63, 3.8) is 0 Å². The van der Waals surface area contributed by atoms with Crippen LogP contribution in [0, 0.1) is 0 Å². The highest BCUT2D eigenvalue weighted by molar-refractivity contribution is 7.13. The third kappa shape index (κ3) is 2.79. The minimum atomic E-state index is -0.711. The number of esters is 1. The lowest BCUT2D eigenvalue weighted by atomic mass is 9.90. The minimum absolute atomic E-state index is 0.231. The average molecular weight is 310 g/mol. The first-order valence-corrected chi connectivity index (χ1v) is 8.44. The van der Waals surface area contributed by atoms with Crippen LogP contribution in [0.25, 0.3) is 0 Å². The number of hydrogen-bond donors (Lipinski definition) is 1. The molecular formula is C15H22N2O3S. The normalized spacial score (nSPS) is 27.9. The van der Waals surface area contributed by atoms with Crippen molar-refractivity contribution in [2.75, 3.05) is 11.9 Å². The van der Waals surface area contributed by atoms with Gasteiger partial charge in [-0.05, 0) is 40.0 Å². The molecule has 3 rings (SSSR count). The minimum Gasteiger partial charge on any atom is -0.465 e. The van der Waals surface area contributed by atoms with Gasteiger partial charge in [-0.25, -0.2) is 4.98 Å². The Morgan fingerprint density at radius 1 is 1.57 bits per heavy atom. The number of anilines is 1. The lowest BCUT2D eigenvalue weighted by Gasteiger charge is -2.21. The van der Waals surface area contributed by atoms with E-state index in [1.807, 2.05) is 26.2 Å². The van der Waals surface area contributed by atoms with Crippen molar-refractivity contribution >= 4 is 22.4 Å². The van der Waals surface area contributed by atoms with Gasteiger partial charge >= 0.3 is 5.97 Å². The molecule has 2 bridgehead atoms. The van der Waals surface area contributed by atoms with Crippen LogP contribution in [0.2, 0.25) is 0 Å². The molecule has 1 aromatic heterocycles. The molecule has 0 amide bonds. The molecule has 2 saturated heterocycles. The Kier molecular flexibility index (Phi) is 3.92. The summed E-state index contributed by atoms with van der Waals surface area (Å²) in [7, 11) is 0. The van der Waals surface area contributed by atoms with E-state index in [0.29, 0.717) is 24.9 Å². The van der Waals surface area contributed by atoms with Crippen LogP contribution in [-0.4, -0.2) is 35.8 Å². The highest BCUT2D eigenvalue weighted by Gasteiger charge is 2.41. The Morgan fingerprint density at radius 3 is 3.00 bits per heavy atom. The Morgan fingerprint density at radius 2 is 2.38 bits per heavy atom. The number of nitrogens with zero attached hydrogens (tertiary/aromatic N) is 1. The first kappa shape index (κ1) is 14.8. The van der Waals surface area contributed by atoms with Gasteiger partial charge in [0.15, 0.2) is 5.13 Å². The molecule has 0 spiro atoms. The third-order valence-electron chi connectivity index (χ3n) is 4.35. The van der Waals surface area contributed by atoms with Crippen LogP contribution in [0.4, 0.5) is 5.13 Å². The number of hydrogen-bond acceptors (Lipinski definition) is 6. The summed E-state index contributed by atoms with van der Waals surface area (Å²) < 4.78 is 11.0. The molecular weight excluding hydrogens is 288 g/mol. The second kappa shape index (κ2) is 5.57.